The molecule has 0 atom stereocenters. The van der Waals surface area contributed by atoms with Crippen molar-refractivity contribution in [2.75, 3.05) is 11.4 Å². The quantitative estimate of drug-likeness (QED) is 0.140. The van der Waals surface area contributed by atoms with Crippen molar-refractivity contribution in [2.45, 2.75) is 51.0 Å². The Morgan fingerprint density at radius 3 is 2.19 bits per heavy atom. The summed E-state index contributed by atoms with van der Waals surface area (Å²) in [6.45, 7) is 4.13. The number of halogens is 1. The number of sulfonamides is 1. The first kappa shape index (κ1) is 33.4. The van der Waals surface area contributed by atoms with Crippen LogP contribution in [-0.4, -0.2) is 36.2 Å². The van der Waals surface area contributed by atoms with Crippen molar-refractivity contribution in [3.8, 4) is 11.1 Å². The van der Waals surface area contributed by atoms with Crippen molar-refractivity contribution in [3.63, 3.8) is 0 Å². The van der Waals surface area contributed by atoms with E-state index in [1.54, 1.807) is 64.1 Å². The zero-order valence-corrected chi connectivity index (χ0v) is 27.2. The highest BCUT2D eigenvalue weighted by Gasteiger charge is 2.25. The van der Waals surface area contributed by atoms with Crippen LogP contribution in [0.4, 0.5) is 10.1 Å². The highest BCUT2D eigenvalue weighted by molar-refractivity contribution is 7.89. The van der Waals surface area contributed by atoms with Gasteiger partial charge in [0.1, 0.15) is 17.3 Å². The lowest BCUT2D eigenvalue weighted by molar-refractivity contribution is 0.0961. The molecule has 0 aliphatic rings. The molecule has 0 unspecified atom stereocenters. The normalized spacial score (nSPS) is 11.4. The molecule has 8 nitrogen and oxygen atoms in total. The van der Waals surface area contributed by atoms with E-state index in [0.29, 0.717) is 58.0 Å². The third kappa shape index (κ3) is 7.56. The molecule has 0 aliphatic carbocycles. The molecule has 0 spiro atoms. The molecule has 2 N–H and O–H groups in total. The van der Waals surface area contributed by atoms with E-state index in [0.717, 1.165) is 6.42 Å². The van der Waals surface area contributed by atoms with Gasteiger partial charge in [0.05, 0.1) is 17.1 Å². The van der Waals surface area contributed by atoms with Gasteiger partial charge in [0, 0.05) is 41.8 Å². The lowest BCUT2D eigenvalue weighted by Crippen LogP contribution is -2.33. The number of primary sulfonamides is 1. The summed E-state index contributed by atoms with van der Waals surface area (Å²) in [4.78, 5) is 33.9. The van der Waals surface area contributed by atoms with Gasteiger partial charge in [0.2, 0.25) is 10.0 Å². The molecule has 0 bridgehead atoms. The van der Waals surface area contributed by atoms with E-state index in [4.69, 9.17) is 10.1 Å². The number of aryl methyl sites for hydroxylation is 2. The highest BCUT2D eigenvalue weighted by atomic mass is 32.2. The van der Waals surface area contributed by atoms with E-state index in [-0.39, 0.29) is 36.1 Å². The molecule has 0 radical (unpaired) electrons. The van der Waals surface area contributed by atoms with Crippen molar-refractivity contribution in [2.24, 2.45) is 5.14 Å². The molecule has 242 valence electrons. The fourth-order valence-electron chi connectivity index (χ4n) is 5.69. The van der Waals surface area contributed by atoms with Crippen LogP contribution in [-0.2, 0) is 29.4 Å². The van der Waals surface area contributed by atoms with Gasteiger partial charge in [-0.3, -0.25) is 9.59 Å². The molecule has 0 aliphatic heterocycles. The van der Waals surface area contributed by atoms with Gasteiger partial charge in [-0.25, -0.2) is 22.9 Å². The smallest absolute Gasteiger partial charge is 0.258 e. The number of imidazole rings is 1. The molecule has 1 aromatic heterocycles. The molecule has 4 aromatic carbocycles. The van der Waals surface area contributed by atoms with Crippen LogP contribution in [0.2, 0.25) is 0 Å². The molecule has 1 amide bonds. The number of aromatic nitrogens is 2. The number of rotatable bonds is 13. The number of ketones is 1. The van der Waals surface area contributed by atoms with Gasteiger partial charge >= 0.3 is 0 Å². The number of anilines is 1. The summed E-state index contributed by atoms with van der Waals surface area (Å²) in [5, 5.41) is 5.41. The molecule has 0 saturated carbocycles. The molecule has 10 heteroatoms. The summed E-state index contributed by atoms with van der Waals surface area (Å²) in [5.41, 5.74) is 3.20. The molecular weight excluding hydrogens is 615 g/mol. The second-order valence-electron chi connectivity index (χ2n) is 11.2. The SMILES string of the molecule is CCCc1nc(CC)c(C(=O)CCN(C(=O)c2ccccc2)c2ccccc2)n1Cc1ccc(-c2ccccc2S(N)(=O)=O)cc1F. The van der Waals surface area contributed by atoms with Crippen LogP contribution in [0.25, 0.3) is 11.1 Å². The first-order valence-corrected chi connectivity index (χ1v) is 17.1. The molecule has 5 aromatic rings. The summed E-state index contributed by atoms with van der Waals surface area (Å²) < 4.78 is 41.8. The Balaban J connectivity index is 1.47. The van der Waals surface area contributed by atoms with E-state index in [1.165, 1.54) is 12.1 Å². The van der Waals surface area contributed by atoms with E-state index in [9.17, 15) is 18.0 Å². The van der Waals surface area contributed by atoms with Gasteiger partial charge in [0.15, 0.2) is 5.78 Å². The average Bonchev–Trinajstić information content (AvgIpc) is 3.43. The van der Waals surface area contributed by atoms with Crippen molar-refractivity contribution in [1.82, 2.24) is 9.55 Å². The summed E-state index contributed by atoms with van der Waals surface area (Å²) in [5.74, 6) is -0.289. The number of carbonyl (C=O) groups is 2. The third-order valence-corrected chi connectivity index (χ3v) is 8.94. The summed E-state index contributed by atoms with van der Waals surface area (Å²) in [6, 6.07) is 28.9. The van der Waals surface area contributed by atoms with E-state index >= 15 is 4.39 Å². The van der Waals surface area contributed by atoms with Crippen LogP contribution in [0, 0.1) is 5.82 Å². The number of nitrogens with zero attached hydrogens (tertiary/aromatic N) is 3. The highest BCUT2D eigenvalue weighted by Crippen LogP contribution is 2.29. The standard InChI is InChI=1S/C37H37FN4O4S/c1-3-13-35-40-32(4-2)36(33(43)22-23-41(29-16-9-6-10-17-29)37(44)26-14-7-5-8-15-26)42(35)25-28-21-20-27(24-31(28)38)30-18-11-12-19-34(30)47(39,45)46/h5-12,14-21,24H,3-4,13,22-23,25H2,1-2H3,(H2,39,45,46). The largest absolute Gasteiger partial charge is 0.321 e. The number of Topliss-reactive ketones (excluding diaryl/α,β-unsaturated/α-hetero) is 1. The molecule has 5 rings (SSSR count). The topological polar surface area (TPSA) is 115 Å². The number of nitrogens with two attached hydrogens (primary N) is 1. The lowest BCUT2D eigenvalue weighted by atomic mass is 10.0. The number of hydrogen-bond donors (Lipinski definition) is 1. The van der Waals surface area contributed by atoms with E-state index in [1.807, 2.05) is 50.2 Å². The number of hydrogen-bond acceptors (Lipinski definition) is 5. The van der Waals surface area contributed by atoms with Crippen LogP contribution in [0.15, 0.2) is 108 Å². The monoisotopic (exact) mass is 652 g/mol. The minimum atomic E-state index is -4.03. The lowest BCUT2D eigenvalue weighted by Gasteiger charge is -2.23. The second kappa shape index (κ2) is 14.7. The Morgan fingerprint density at radius 2 is 1.55 bits per heavy atom. The van der Waals surface area contributed by atoms with Crippen molar-refractivity contribution in [3.05, 3.63) is 137 Å². The maximum atomic E-state index is 15.7. The average molecular weight is 653 g/mol. The van der Waals surface area contributed by atoms with Gasteiger partial charge in [-0.15, -0.1) is 0 Å². The van der Waals surface area contributed by atoms with Gasteiger partial charge in [-0.2, -0.15) is 0 Å². The van der Waals surface area contributed by atoms with Gasteiger partial charge < -0.3 is 9.47 Å². The van der Waals surface area contributed by atoms with Gasteiger partial charge in [-0.05, 0) is 54.8 Å². The van der Waals surface area contributed by atoms with Crippen LogP contribution < -0.4 is 10.0 Å². The van der Waals surface area contributed by atoms with Crippen molar-refractivity contribution >= 4 is 27.4 Å². The van der Waals surface area contributed by atoms with Crippen molar-refractivity contribution in [1.29, 1.82) is 0 Å². The van der Waals surface area contributed by atoms with Crippen LogP contribution >= 0.6 is 0 Å². The van der Waals surface area contributed by atoms with E-state index in [2.05, 4.69) is 0 Å². The first-order chi connectivity index (χ1) is 22.6. The number of para-hydroxylation sites is 1. The fourth-order valence-corrected chi connectivity index (χ4v) is 6.45. The molecule has 0 saturated heterocycles. The number of amides is 1. The number of carbonyl (C=O) groups excluding carboxylic acids is 2. The predicted octanol–water partition coefficient (Wildman–Crippen LogP) is 6.82. The molecule has 47 heavy (non-hydrogen) atoms. The van der Waals surface area contributed by atoms with Crippen molar-refractivity contribution < 1.29 is 22.4 Å². The molecular formula is C37H37FN4O4S. The molecule has 0 fully saturated rings. The zero-order valence-electron chi connectivity index (χ0n) is 26.4. The Kier molecular flexibility index (Phi) is 10.4. The Morgan fingerprint density at radius 1 is 0.894 bits per heavy atom. The molecule has 1 heterocycles. The third-order valence-electron chi connectivity index (χ3n) is 7.97. The maximum absolute atomic E-state index is 15.7. The first-order valence-electron chi connectivity index (χ1n) is 15.6. The van der Waals surface area contributed by atoms with Crippen LogP contribution in [0.1, 0.15) is 64.6 Å². The summed E-state index contributed by atoms with van der Waals surface area (Å²) >= 11 is 0. The summed E-state index contributed by atoms with van der Waals surface area (Å²) in [6.07, 6.45) is 1.89. The fraction of sp³-hybridized carbons (Fsp3) is 0.216. The van der Waals surface area contributed by atoms with Crippen LogP contribution in [0.3, 0.4) is 0 Å². The van der Waals surface area contributed by atoms with Gasteiger partial charge in [0.25, 0.3) is 5.91 Å². The van der Waals surface area contributed by atoms with Crippen LogP contribution in [0.5, 0.6) is 0 Å². The second-order valence-corrected chi connectivity index (χ2v) is 12.7. The van der Waals surface area contributed by atoms with E-state index < -0.39 is 15.8 Å². The minimum Gasteiger partial charge on any atom is -0.321 e. The minimum absolute atomic E-state index is 0.0312. The predicted molar refractivity (Wildman–Crippen MR) is 181 cm³/mol. The summed E-state index contributed by atoms with van der Waals surface area (Å²) in [7, 11) is -4.03. The zero-order chi connectivity index (χ0) is 33.6. The Hall–Kier alpha value is -4.93. The number of benzene rings is 4. The Bertz CT molecular complexity index is 1990. The van der Waals surface area contributed by atoms with Gasteiger partial charge in [-0.1, -0.05) is 80.6 Å². The Labute approximate surface area is 274 Å². The maximum Gasteiger partial charge on any atom is 0.258 e.